The van der Waals surface area contributed by atoms with Crippen molar-refractivity contribution in [2.75, 3.05) is 41.7 Å². The number of nitrogens with zero attached hydrogens (tertiary/aromatic N) is 3. The van der Waals surface area contributed by atoms with Crippen LogP contribution in [0.25, 0.3) is 21.9 Å². The highest BCUT2D eigenvalue weighted by molar-refractivity contribution is 6.24. The average molecular weight is 669 g/mol. The summed E-state index contributed by atoms with van der Waals surface area (Å²) in [4.78, 5) is 48.3. The fourth-order valence-corrected chi connectivity index (χ4v) is 6.25. The Kier molecular flexibility index (Phi) is 11.4. The third kappa shape index (κ3) is 7.80. The molecule has 1 unspecified atom stereocenters. The zero-order valence-electron chi connectivity index (χ0n) is 28.4. The van der Waals surface area contributed by atoms with Gasteiger partial charge in [0, 0.05) is 53.6 Å². The largest absolute Gasteiger partial charge is 0.397 e. The van der Waals surface area contributed by atoms with Gasteiger partial charge in [0.15, 0.2) is 5.82 Å². The maximum absolute atomic E-state index is 15.2. The Hall–Kier alpha value is -5.10. The van der Waals surface area contributed by atoms with E-state index in [1.165, 1.54) is 17.3 Å². The minimum absolute atomic E-state index is 0.0282. The molecule has 0 fully saturated rings. The maximum atomic E-state index is 15.2. The summed E-state index contributed by atoms with van der Waals surface area (Å²) in [6.07, 6.45) is 10.1. The molecule has 5 rings (SSSR count). The fourth-order valence-electron chi connectivity index (χ4n) is 6.25. The number of unbranched alkanes of at least 4 members (excludes halogenated alkanes) is 2. The van der Waals surface area contributed by atoms with Crippen LogP contribution in [0.4, 0.5) is 27.3 Å². The highest BCUT2D eigenvalue weighted by Crippen LogP contribution is 2.36. The van der Waals surface area contributed by atoms with Gasteiger partial charge in [0.1, 0.15) is 5.82 Å². The van der Waals surface area contributed by atoms with Crippen molar-refractivity contribution >= 4 is 51.4 Å². The molecule has 3 amide bonds. The number of benzene rings is 2. The smallest absolute Gasteiger partial charge is 0.263 e. The van der Waals surface area contributed by atoms with Crippen LogP contribution in [-0.4, -0.2) is 58.3 Å². The molecular formula is C37H45FN8O3. The fraction of sp³-hybridized carbons (Fsp3) is 0.378. The van der Waals surface area contributed by atoms with Gasteiger partial charge in [-0.2, -0.15) is 0 Å². The van der Waals surface area contributed by atoms with E-state index in [0.717, 1.165) is 38.6 Å². The first-order chi connectivity index (χ1) is 23.6. The second kappa shape index (κ2) is 15.9. The van der Waals surface area contributed by atoms with Crippen molar-refractivity contribution in [1.82, 2.24) is 20.2 Å². The first kappa shape index (κ1) is 35.2. The number of rotatable bonds is 16. The average Bonchev–Trinajstić information content (AvgIpc) is 3.34. The lowest BCUT2D eigenvalue weighted by Crippen LogP contribution is -2.37. The van der Waals surface area contributed by atoms with Crippen molar-refractivity contribution in [3.8, 4) is 11.1 Å². The second-order valence-electron chi connectivity index (χ2n) is 12.6. The third-order valence-corrected chi connectivity index (χ3v) is 9.01. The van der Waals surface area contributed by atoms with Crippen molar-refractivity contribution in [3.05, 3.63) is 71.4 Å². The maximum Gasteiger partial charge on any atom is 0.263 e. The molecule has 0 saturated carbocycles. The predicted molar refractivity (Wildman–Crippen MR) is 193 cm³/mol. The lowest BCUT2D eigenvalue weighted by molar-refractivity contribution is -0.116. The molecule has 0 radical (unpaired) electrons. The number of hydrogen-bond acceptors (Lipinski definition) is 9. The van der Waals surface area contributed by atoms with Crippen LogP contribution in [0.3, 0.4) is 0 Å². The molecule has 0 spiro atoms. The van der Waals surface area contributed by atoms with Crippen LogP contribution in [-0.2, 0) is 4.79 Å². The summed E-state index contributed by atoms with van der Waals surface area (Å²) >= 11 is 0. The van der Waals surface area contributed by atoms with Gasteiger partial charge in [-0.1, -0.05) is 25.8 Å². The van der Waals surface area contributed by atoms with Gasteiger partial charge in [0.05, 0.1) is 28.7 Å². The topological polar surface area (TPSA) is 168 Å². The van der Waals surface area contributed by atoms with E-state index in [0.29, 0.717) is 76.2 Å². The van der Waals surface area contributed by atoms with Crippen molar-refractivity contribution < 1.29 is 18.8 Å². The number of halogens is 1. The van der Waals surface area contributed by atoms with Crippen molar-refractivity contribution in [2.24, 2.45) is 0 Å². The molecule has 1 aliphatic heterocycles. The molecule has 0 bridgehead atoms. The van der Waals surface area contributed by atoms with Crippen molar-refractivity contribution in [3.63, 3.8) is 0 Å². The van der Waals surface area contributed by atoms with E-state index >= 15 is 4.39 Å². The Bertz CT molecular complexity index is 1860. The Labute approximate surface area is 286 Å². The lowest BCUT2D eigenvalue weighted by atomic mass is 9.97. The molecule has 0 saturated heterocycles. The third-order valence-electron chi connectivity index (χ3n) is 9.01. The number of amides is 3. The Morgan fingerprint density at radius 1 is 0.959 bits per heavy atom. The first-order valence-corrected chi connectivity index (χ1v) is 17.0. The molecule has 7 N–H and O–H groups in total. The zero-order chi connectivity index (χ0) is 35.1. The zero-order valence-corrected chi connectivity index (χ0v) is 28.4. The van der Waals surface area contributed by atoms with Gasteiger partial charge in [0.2, 0.25) is 5.91 Å². The molecule has 3 heterocycles. The number of nitrogens with one attached hydrogen (secondary N) is 3. The number of hydrogen-bond donors (Lipinski definition) is 5. The van der Waals surface area contributed by atoms with Gasteiger partial charge in [-0.05, 0) is 87.8 Å². The normalized spacial score (nSPS) is 13.2. The Morgan fingerprint density at radius 3 is 2.53 bits per heavy atom. The molecule has 11 nitrogen and oxygen atoms in total. The summed E-state index contributed by atoms with van der Waals surface area (Å²) in [6.45, 7) is 7.99. The van der Waals surface area contributed by atoms with E-state index in [1.54, 1.807) is 31.3 Å². The van der Waals surface area contributed by atoms with E-state index < -0.39 is 5.82 Å². The highest BCUT2D eigenvalue weighted by atomic mass is 19.1. The standard InChI is InChI=1S/C37H45FN8O3/c1-4-10-22(2)46-36(48)25-11-8-12-30(33(25)37(46)49)43-16-7-5-6-14-41-15-9-13-32(47)45-31-18-24-17-26(27-19-42-21-29(39)23(27)3)34(38)35(40)28(24)20-44-31/h8,11-12,17-22,41,43H,4-7,9-10,13-16,39-40H2,1-3H3,(H,44,45,47). The van der Waals surface area contributed by atoms with Gasteiger partial charge in [-0.25, -0.2) is 9.37 Å². The van der Waals surface area contributed by atoms with Crippen LogP contribution < -0.4 is 27.4 Å². The number of imide groups is 1. The molecule has 258 valence electrons. The van der Waals surface area contributed by atoms with Crippen molar-refractivity contribution in [2.45, 2.75) is 71.8 Å². The predicted octanol–water partition coefficient (Wildman–Crippen LogP) is 6.28. The molecular weight excluding hydrogens is 623 g/mol. The van der Waals surface area contributed by atoms with Crippen LogP contribution in [0.5, 0.6) is 0 Å². The first-order valence-electron chi connectivity index (χ1n) is 17.0. The van der Waals surface area contributed by atoms with Crippen LogP contribution in [0.1, 0.15) is 85.1 Å². The summed E-state index contributed by atoms with van der Waals surface area (Å²) in [5.41, 5.74) is 15.7. The van der Waals surface area contributed by atoms with Gasteiger partial charge in [0.25, 0.3) is 11.8 Å². The van der Waals surface area contributed by atoms with Crippen LogP contribution >= 0.6 is 0 Å². The number of anilines is 4. The number of pyridine rings is 2. The van der Waals surface area contributed by atoms with Gasteiger partial charge in [-0.3, -0.25) is 24.3 Å². The highest BCUT2D eigenvalue weighted by Gasteiger charge is 2.39. The molecule has 0 aliphatic carbocycles. The summed E-state index contributed by atoms with van der Waals surface area (Å²) in [5.74, 6) is -0.797. The quantitative estimate of drug-likeness (QED) is 0.0524. The summed E-state index contributed by atoms with van der Waals surface area (Å²) < 4.78 is 15.2. The lowest BCUT2D eigenvalue weighted by Gasteiger charge is -2.21. The van der Waals surface area contributed by atoms with E-state index in [2.05, 4.69) is 25.9 Å². The Morgan fingerprint density at radius 2 is 1.73 bits per heavy atom. The molecule has 1 atom stereocenters. The number of nitrogen functional groups attached to an aromatic ring is 2. The second-order valence-corrected chi connectivity index (χ2v) is 12.6. The molecule has 49 heavy (non-hydrogen) atoms. The molecule has 2 aromatic carbocycles. The summed E-state index contributed by atoms with van der Waals surface area (Å²) in [6, 6.07) is 8.63. The number of carbonyl (C=O) groups is 3. The minimum atomic E-state index is -0.568. The number of aromatic nitrogens is 2. The van der Waals surface area contributed by atoms with Crippen LogP contribution in [0.15, 0.2) is 48.9 Å². The molecule has 4 aromatic rings. The summed E-state index contributed by atoms with van der Waals surface area (Å²) in [7, 11) is 0. The molecule has 2 aromatic heterocycles. The Balaban J connectivity index is 1.01. The van der Waals surface area contributed by atoms with E-state index in [4.69, 9.17) is 11.5 Å². The molecule has 12 heteroatoms. The molecule has 1 aliphatic rings. The minimum Gasteiger partial charge on any atom is -0.397 e. The SMILES string of the molecule is CCCC(C)N1C(=O)c2cccc(NCCCCCNCCCC(=O)Nc3cc4cc(-c5cncc(N)c5C)c(F)c(N)c4cn3)c2C1=O. The van der Waals surface area contributed by atoms with E-state index in [-0.39, 0.29) is 35.0 Å². The van der Waals surface area contributed by atoms with Gasteiger partial charge >= 0.3 is 0 Å². The monoisotopic (exact) mass is 668 g/mol. The number of nitrogens with two attached hydrogens (primary N) is 2. The van der Waals surface area contributed by atoms with Crippen molar-refractivity contribution in [1.29, 1.82) is 0 Å². The van der Waals surface area contributed by atoms with Crippen LogP contribution in [0, 0.1) is 12.7 Å². The summed E-state index contributed by atoms with van der Waals surface area (Å²) in [5, 5.41) is 10.7. The van der Waals surface area contributed by atoms with E-state index in [1.807, 2.05) is 26.0 Å². The van der Waals surface area contributed by atoms with Gasteiger partial charge < -0.3 is 27.4 Å². The number of fused-ring (bicyclic) bond motifs is 2. The van der Waals surface area contributed by atoms with Crippen LogP contribution in [0.2, 0.25) is 0 Å². The van der Waals surface area contributed by atoms with Gasteiger partial charge in [-0.15, -0.1) is 0 Å². The number of carbonyl (C=O) groups excluding carboxylic acids is 3. The van der Waals surface area contributed by atoms with E-state index in [9.17, 15) is 14.4 Å².